The van der Waals surface area contributed by atoms with Crippen molar-refractivity contribution in [3.05, 3.63) is 52.0 Å². The molecule has 0 atom stereocenters. The maximum absolute atomic E-state index is 12.2. The number of anilines is 3. The van der Waals surface area contributed by atoms with E-state index in [-0.39, 0.29) is 6.03 Å². The molecule has 0 aliphatic carbocycles. The van der Waals surface area contributed by atoms with Gasteiger partial charge in [0.25, 0.3) is 0 Å². The Morgan fingerprint density at radius 3 is 2.55 bits per heavy atom. The average Bonchev–Trinajstić information content (AvgIpc) is 2.41. The molecule has 4 nitrogen and oxygen atoms in total. The number of para-hydroxylation sites is 1. The molecule has 20 heavy (non-hydrogen) atoms. The lowest BCUT2D eigenvalue weighted by Crippen LogP contribution is -2.41. The SMILES string of the molecule is Nc1ccc2c(c1)CNC(=O)N2c1c(Cl)cccc1Cl. The number of fused-ring (bicyclic) bond motifs is 1. The number of halogens is 2. The van der Waals surface area contributed by atoms with E-state index in [2.05, 4.69) is 5.32 Å². The molecule has 102 valence electrons. The van der Waals surface area contributed by atoms with Crippen molar-refractivity contribution in [3.8, 4) is 0 Å². The molecule has 2 aromatic carbocycles. The van der Waals surface area contributed by atoms with E-state index in [4.69, 9.17) is 28.9 Å². The first-order valence-corrected chi connectivity index (χ1v) is 6.74. The van der Waals surface area contributed by atoms with Gasteiger partial charge >= 0.3 is 6.03 Å². The van der Waals surface area contributed by atoms with E-state index >= 15 is 0 Å². The van der Waals surface area contributed by atoms with Crippen LogP contribution in [-0.4, -0.2) is 6.03 Å². The summed E-state index contributed by atoms with van der Waals surface area (Å²) in [4.78, 5) is 13.7. The van der Waals surface area contributed by atoms with Crippen molar-refractivity contribution in [2.75, 3.05) is 10.6 Å². The van der Waals surface area contributed by atoms with Gasteiger partial charge in [-0.25, -0.2) is 4.79 Å². The first kappa shape index (κ1) is 13.1. The predicted molar refractivity (Wildman–Crippen MR) is 81.7 cm³/mol. The number of hydrogen-bond acceptors (Lipinski definition) is 2. The van der Waals surface area contributed by atoms with E-state index in [0.717, 1.165) is 11.3 Å². The molecule has 0 aromatic heterocycles. The van der Waals surface area contributed by atoms with Crippen LogP contribution in [0.5, 0.6) is 0 Å². The van der Waals surface area contributed by atoms with Crippen LogP contribution in [0, 0.1) is 0 Å². The van der Waals surface area contributed by atoms with Crippen LogP contribution in [0.2, 0.25) is 10.0 Å². The molecular formula is C14H11Cl2N3O. The Balaban J connectivity index is 2.21. The minimum atomic E-state index is -0.266. The van der Waals surface area contributed by atoms with Gasteiger partial charge in [0, 0.05) is 12.2 Å². The van der Waals surface area contributed by atoms with Crippen molar-refractivity contribution in [1.29, 1.82) is 0 Å². The standard InChI is InChI=1S/C14H11Cl2N3O/c15-10-2-1-3-11(16)13(10)19-12-5-4-9(17)6-8(12)7-18-14(19)20/h1-6H,7,17H2,(H,18,20). The number of nitrogens with one attached hydrogen (secondary N) is 1. The summed E-state index contributed by atoms with van der Waals surface area (Å²) in [5.41, 5.74) is 8.54. The number of amides is 2. The third kappa shape index (κ3) is 2.07. The monoisotopic (exact) mass is 307 g/mol. The van der Waals surface area contributed by atoms with Gasteiger partial charge in [-0.1, -0.05) is 29.3 Å². The lowest BCUT2D eigenvalue weighted by Gasteiger charge is -2.31. The minimum absolute atomic E-state index is 0.266. The van der Waals surface area contributed by atoms with Crippen LogP contribution < -0.4 is 16.0 Å². The third-order valence-corrected chi connectivity index (χ3v) is 3.75. The van der Waals surface area contributed by atoms with Crippen molar-refractivity contribution in [2.24, 2.45) is 0 Å². The van der Waals surface area contributed by atoms with Crippen LogP contribution in [-0.2, 0) is 6.54 Å². The second-order valence-corrected chi connectivity index (χ2v) is 5.27. The van der Waals surface area contributed by atoms with E-state index in [1.54, 1.807) is 30.3 Å². The number of benzene rings is 2. The molecule has 6 heteroatoms. The quantitative estimate of drug-likeness (QED) is 0.784. The molecule has 1 aliphatic heterocycles. The second kappa shape index (κ2) is 4.89. The van der Waals surface area contributed by atoms with Crippen molar-refractivity contribution >= 4 is 46.3 Å². The Labute approximate surface area is 126 Å². The summed E-state index contributed by atoms with van der Waals surface area (Å²) in [6.07, 6.45) is 0. The zero-order valence-electron chi connectivity index (χ0n) is 10.4. The summed E-state index contributed by atoms with van der Waals surface area (Å²) < 4.78 is 0. The molecule has 0 saturated heterocycles. The first-order chi connectivity index (χ1) is 9.58. The fourth-order valence-electron chi connectivity index (χ4n) is 2.25. The highest BCUT2D eigenvalue weighted by molar-refractivity contribution is 6.40. The molecule has 2 amide bonds. The molecule has 1 aliphatic rings. The van der Waals surface area contributed by atoms with Crippen molar-refractivity contribution in [1.82, 2.24) is 5.32 Å². The van der Waals surface area contributed by atoms with Crippen LogP contribution in [0.1, 0.15) is 5.56 Å². The van der Waals surface area contributed by atoms with Crippen molar-refractivity contribution in [3.63, 3.8) is 0 Å². The van der Waals surface area contributed by atoms with E-state index in [9.17, 15) is 4.79 Å². The van der Waals surface area contributed by atoms with Gasteiger partial charge in [-0.3, -0.25) is 4.90 Å². The zero-order chi connectivity index (χ0) is 14.3. The molecule has 0 unspecified atom stereocenters. The molecule has 0 fully saturated rings. The van der Waals surface area contributed by atoms with Gasteiger partial charge in [0.1, 0.15) is 0 Å². The van der Waals surface area contributed by atoms with E-state index in [1.165, 1.54) is 4.90 Å². The Morgan fingerprint density at radius 1 is 1.15 bits per heavy atom. The highest BCUT2D eigenvalue weighted by Gasteiger charge is 2.28. The fourth-order valence-corrected chi connectivity index (χ4v) is 2.82. The number of nitrogen functional groups attached to an aromatic ring is 1. The Bertz CT molecular complexity index is 683. The number of urea groups is 1. The van der Waals surface area contributed by atoms with E-state index < -0.39 is 0 Å². The number of rotatable bonds is 1. The Hall–Kier alpha value is -1.91. The minimum Gasteiger partial charge on any atom is -0.399 e. The molecular weight excluding hydrogens is 297 g/mol. The lowest BCUT2D eigenvalue weighted by atomic mass is 10.1. The van der Waals surface area contributed by atoms with E-state index in [0.29, 0.717) is 28.0 Å². The van der Waals surface area contributed by atoms with Gasteiger partial charge in [-0.05, 0) is 35.9 Å². The zero-order valence-corrected chi connectivity index (χ0v) is 11.9. The average molecular weight is 308 g/mol. The smallest absolute Gasteiger partial charge is 0.326 e. The Morgan fingerprint density at radius 2 is 1.85 bits per heavy atom. The number of nitrogens with zero attached hydrogens (tertiary/aromatic N) is 1. The van der Waals surface area contributed by atoms with Crippen LogP contribution in [0.25, 0.3) is 0 Å². The summed E-state index contributed by atoms with van der Waals surface area (Å²) >= 11 is 12.4. The van der Waals surface area contributed by atoms with Gasteiger partial charge in [0.05, 0.1) is 21.4 Å². The topological polar surface area (TPSA) is 58.4 Å². The van der Waals surface area contributed by atoms with Gasteiger partial charge in [-0.2, -0.15) is 0 Å². The summed E-state index contributed by atoms with van der Waals surface area (Å²) in [5, 5.41) is 3.61. The summed E-state index contributed by atoms with van der Waals surface area (Å²) in [6.45, 7) is 0.428. The first-order valence-electron chi connectivity index (χ1n) is 5.98. The largest absolute Gasteiger partial charge is 0.399 e. The fraction of sp³-hybridized carbons (Fsp3) is 0.0714. The van der Waals surface area contributed by atoms with Crippen molar-refractivity contribution < 1.29 is 4.79 Å². The van der Waals surface area contributed by atoms with Crippen LogP contribution in [0.4, 0.5) is 21.9 Å². The number of nitrogens with two attached hydrogens (primary N) is 1. The molecule has 1 heterocycles. The Kier molecular flexibility index (Phi) is 3.20. The lowest BCUT2D eigenvalue weighted by molar-refractivity contribution is 0.247. The normalized spacial score (nSPS) is 13.9. The van der Waals surface area contributed by atoms with Crippen LogP contribution in [0.3, 0.4) is 0 Å². The number of hydrogen-bond donors (Lipinski definition) is 2. The van der Waals surface area contributed by atoms with Crippen LogP contribution in [0.15, 0.2) is 36.4 Å². The molecule has 0 bridgehead atoms. The molecule has 0 radical (unpaired) electrons. The maximum Gasteiger partial charge on any atom is 0.326 e. The van der Waals surface area contributed by atoms with Gasteiger partial charge in [-0.15, -0.1) is 0 Å². The third-order valence-electron chi connectivity index (χ3n) is 3.14. The number of carbonyl (C=O) groups is 1. The molecule has 0 spiro atoms. The molecule has 0 saturated carbocycles. The molecule has 3 N–H and O–H groups in total. The predicted octanol–water partition coefficient (Wildman–Crippen LogP) is 3.94. The van der Waals surface area contributed by atoms with Gasteiger partial charge in [0.2, 0.25) is 0 Å². The van der Waals surface area contributed by atoms with Gasteiger partial charge < -0.3 is 11.1 Å². The van der Waals surface area contributed by atoms with E-state index in [1.807, 2.05) is 6.07 Å². The summed E-state index contributed by atoms with van der Waals surface area (Å²) in [6, 6.07) is 10.2. The highest BCUT2D eigenvalue weighted by atomic mass is 35.5. The number of carbonyl (C=O) groups excluding carboxylic acids is 1. The summed E-state index contributed by atoms with van der Waals surface area (Å²) in [5.74, 6) is 0. The van der Waals surface area contributed by atoms with Crippen molar-refractivity contribution in [2.45, 2.75) is 6.54 Å². The molecule has 3 rings (SSSR count). The van der Waals surface area contributed by atoms with Gasteiger partial charge in [0.15, 0.2) is 0 Å². The molecule has 2 aromatic rings. The highest BCUT2D eigenvalue weighted by Crippen LogP contribution is 2.40. The maximum atomic E-state index is 12.2. The second-order valence-electron chi connectivity index (χ2n) is 4.45. The van der Waals surface area contributed by atoms with Crippen LogP contribution >= 0.6 is 23.2 Å². The summed E-state index contributed by atoms with van der Waals surface area (Å²) in [7, 11) is 0.